The molecule has 1 aromatic rings. The van der Waals surface area contributed by atoms with E-state index < -0.39 is 0 Å². The first-order valence-electron chi connectivity index (χ1n) is 6.31. The van der Waals surface area contributed by atoms with Gasteiger partial charge in [-0.2, -0.15) is 0 Å². The van der Waals surface area contributed by atoms with Crippen molar-refractivity contribution in [3.05, 3.63) is 35.4 Å². The van der Waals surface area contributed by atoms with Gasteiger partial charge >= 0.3 is 0 Å². The van der Waals surface area contributed by atoms with Crippen molar-refractivity contribution in [1.29, 1.82) is 0 Å². The van der Waals surface area contributed by atoms with Crippen LogP contribution in [0.4, 0.5) is 5.69 Å². The molecule has 0 fully saturated rings. The Labute approximate surface area is 105 Å². The van der Waals surface area contributed by atoms with Gasteiger partial charge in [0, 0.05) is 16.8 Å². The Morgan fingerprint density at radius 3 is 2.24 bits per heavy atom. The number of fused-ring (bicyclic) bond motifs is 1. The van der Waals surface area contributed by atoms with Gasteiger partial charge in [0.2, 0.25) is 0 Å². The summed E-state index contributed by atoms with van der Waals surface area (Å²) < 4.78 is 0. The third-order valence-corrected chi connectivity index (χ3v) is 2.25. The molecule has 1 aromatic carbocycles. The molecule has 1 heterocycles. The van der Waals surface area contributed by atoms with Crippen LogP contribution < -0.4 is 5.32 Å². The van der Waals surface area contributed by atoms with E-state index in [9.17, 15) is 4.79 Å². The number of carbonyl (C=O) groups excluding carboxylic acids is 1. The van der Waals surface area contributed by atoms with E-state index in [1.54, 1.807) is 0 Å². The molecule has 0 aliphatic carbocycles. The molecule has 0 saturated carbocycles. The highest BCUT2D eigenvalue weighted by Crippen LogP contribution is 2.31. The molecule has 0 bridgehead atoms. The van der Waals surface area contributed by atoms with Gasteiger partial charge < -0.3 is 5.32 Å². The highest BCUT2D eigenvalue weighted by atomic mass is 16.1. The molecule has 0 aromatic heterocycles. The maximum atomic E-state index is 11.4. The van der Waals surface area contributed by atoms with Crippen molar-refractivity contribution in [1.82, 2.24) is 0 Å². The van der Waals surface area contributed by atoms with Crippen LogP contribution >= 0.6 is 0 Å². The lowest BCUT2D eigenvalue weighted by molar-refractivity contribution is -0.110. The van der Waals surface area contributed by atoms with E-state index in [-0.39, 0.29) is 5.91 Å². The normalized spacial score (nSPS) is 14.0. The van der Waals surface area contributed by atoms with Crippen LogP contribution in [0.15, 0.2) is 24.3 Å². The van der Waals surface area contributed by atoms with E-state index in [1.807, 2.05) is 65.8 Å². The molecule has 0 radical (unpaired) electrons. The molecule has 17 heavy (non-hydrogen) atoms. The van der Waals surface area contributed by atoms with Gasteiger partial charge in [-0.25, -0.2) is 0 Å². The van der Waals surface area contributed by atoms with Crippen LogP contribution in [-0.4, -0.2) is 5.91 Å². The Morgan fingerprint density at radius 1 is 1.12 bits per heavy atom. The predicted molar refractivity (Wildman–Crippen MR) is 76.2 cm³/mol. The number of amides is 1. The van der Waals surface area contributed by atoms with Crippen LogP contribution in [0.2, 0.25) is 0 Å². The van der Waals surface area contributed by atoms with E-state index >= 15 is 0 Å². The SMILES string of the molecule is C/C=C1\C(=O)Nc2ccc(C)cc21.CC.CC. The second-order valence-corrected chi connectivity index (χ2v) is 3.21. The first-order chi connectivity index (χ1) is 8.22. The Kier molecular flexibility index (Phi) is 6.95. The first kappa shape index (κ1) is 15.4. The number of anilines is 1. The van der Waals surface area contributed by atoms with Crippen molar-refractivity contribution in [2.24, 2.45) is 0 Å². The van der Waals surface area contributed by atoms with E-state index in [0.717, 1.165) is 16.8 Å². The molecule has 1 N–H and O–H groups in total. The molecule has 0 spiro atoms. The van der Waals surface area contributed by atoms with Crippen molar-refractivity contribution in [2.75, 3.05) is 5.32 Å². The van der Waals surface area contributed by atoms with Gasteiger partial charge in [-0.1, -0.05) is 45.4 Å². The van der Waals surface area contributed by atoms with Crippen LogP contribution in [0.5, 0.6) is 0 Å². The molecule has 2 rings (SSSR count). The third-order valence-electron chi connectivity index (χ3n) is 2.25. The average Bonchev–Trinajstić information content (AvgIpc) is 2.69. The number of allylic oxidation sites excluding steroid dienone is 1. The van der Waals surface area contributed by atoms with Gasteiger partial charge in [-0.15, -0.1) is 0 Å². The highest BCUT2D eigenvalue weighted by Gasteiger charge is 2.22. The zero-order valence-corrected chi connectivity index (χ0v) is 11.7. The molecule has 1 aliphatic rings. The highest BCUT2D eigenvalue weighted by molar-refractivity contribution is 6.31. The zero-order valence-electron chi connectivity index (χ0n) is 11.7. The monoisotopic (exact) mass is 233 g/mol. The summed E-state index contributed by atoms with van der Waals surface area (Å²) in [6.45, 7) is 11.9. The van der Waals surface area contributed by atoms with Crippen LogP contribution in [0.25, 0.3) is 5.57 Å². The van der Waals surface area contributed by atoms with Crippen molar-refractivity contribution >= 4 is 17.2 Å². The molecular formula is C15H23NO. The quantitative estimate of drug-likeness (QED) is 0.661. The Morgan fingerprint density at radius 2 is 1.71 bits per heavy atom. The van der Waals surface area contributed by atoms with Gasteiger partial charge in [0.25, 0.3) is 5.91 Å². The number of benzene rings is 1. The van der Waals surface area contributed by atoms with E-state index in [2.05, 4.69) is 5.32 Å². The van der Waals surface area contributed by atoms with E-state index in [0.29, 0.717) is 0 Å². The number of hydrogen-bond acceptors (Lipinski definition) is 1. The summed E-state index contributed by atoms with van der Waals surface area (Å²) in [6, 6.07) is 5.97. The van der Waals surface area contributed by atoms with Crippen LogP contribution in [0.3, 0.4) is 0 Å². The number of rotatable bonds is 0. The summed E-state index contributed by atoms with van der Waals surface area (Å²) >= 11 is 0. The van der Waals surface area contributed by atoms with Gasteiger partial charge in [0.15, 0.2) is 0 Å². The summed E-state index contributed by atoms with van der Waals surface area (Å²) in [5.41, 5.74) is 3.89. The van der Waals surface area contributed by atoms with Crippen LogP contribution in [0, 0.1) is 6.92 Å². The minimum atomic E-state index is 0.00287. The smallest absolute Gasteiger partial charge is 0.256 e. The van der Waals surface area contributed by atoms with Crippen molar-refractivity contribution in [3.63, 3.8) is 0 Å². The maximum absolute atomic E-state index is 11.4. The van der Waals surface area contributed by atoms with Crippen LogP contribution in [-0.2, 0) is 4.79 Å². The zero-order chi connectivity index (χ0) is 13.4. The van der Waals surface area contributed by atoms with Gasteiger partial charge in [-0.05, 0) is 26.0 Å². The summed E-state index contributed by atoms with van der Waals surface area (Å²) in [7, 11) is 0. The van der Waals surface area contributed by atoms with Gasteiger partial charge in [0.1, 0.15) is 0 Å². The largest absolute Gasteiger partial charge is 0.321 e. The molecule has 2 heteroatoms. The summed E-state index contributed by atoms with van der Waals surface area (Å²) in [5.74, 6) is 0.00287. The number of aryl methyl sites for hydroxylation is 1. The summed E-state index contributed by atoms with van der Waals surface area (Å²) in [4.78, 5) is 11.4. The number of hydrogen-bond donors (Lipinski definition) is 1. The second kappa shape index (κ2) is 7.66. The molecular weight excluding hydrogens is 210 g/mol. The Hall–Kier alpha value is -1.57. The summed E-state index contributed by atoms with van der Waals surface area (Å²) in [5, 5.41) is 2.82. The molecule has 94 valence electrons. The Balaban J connectivity index is 0.000000581. The van der Waals surface area contributed by atoms with Gasteiger partial charge in [-0.3, -0.25) is 4.79 Å². The number of carbonyl (C=O) groups is 1. The maximum Gasteiger partial charge on any atom is 0.256 e. The number of nitrogens with one attached hydrogen (secondary N) is 1. The van der Waals surface area contributed by atoms with Crippen LogP contribution in [0.1, 0.15) is 45.7 Å². The molecule has 2 nitrogen and oxygen atoms in total. The lowest BCUT2D eigenvalue weighted by atomic mass is 10.0. The van der Waals surface area contributed by atoms with E-state index in [1.165, 1.54) is 5.56 Å². The fourth-order valence-electron chi connectivity index (χ4n) is 1.59. The summed E-state index contributed by atoms with van der Waals surface area (Å²) in [6.07, 6.45) is 1.85. The van der Waals surface area contributed by atoms with E-state index in [4.69, 9.17) is 0 Å². The van der Waals surface area contributed by atoms with Crippen molar-refractivity contribution in [3.8, 4) is 0 Å². The molecule has 0 atom stereocenters. The topological polar surface area (TPSA) is 29.1 Å². The molecule has 0 unspecified atom stereocenters. The molecule has 0 saturated heterocycles. The minimum absolute atomic E-state index is 0.00287. The molecule has 1 amide bonds. The fraction of sp³-hybridized carbons (Fsp3) is 0.400. The standard InChI is InChI=1S/C11H11NO.2C2H6/c1-3-8-9-6-7(2)4-5-10(9)12-11(8)13;2*1-2/h3-6H,1-2H3,(H,12,13);2*1-2H3/b8-3-;;. The Bertz CT molecular complexity index is 405. The fourth-order valence-corrected chi connectivity index (χ4v) is 1.59. The third kappa shape index (κ3) is 3.45. The lowest BCUT2D eigenvalue weighted by Gasteiger charge is -1.98. The molecule has 1 aliphatic heterocycles. The average molecular weight is 233 g/mol. The first-order valence-corrected chi connectivity index (χ1v) is 6.31. The predicted octanol–water partition coefficient (Wildman–Crippen LogP) is 4.40. The van der Waals surface area contributed by atoms with Gasteiger partial charge in [0.05, 0.1) is 0 Å². The minimum Gasteiger partial charge on any atom is -0.321 e. The van der Waals surface area contributed by atoms with Crippen molar-refractivity contribution in [2.45, 2.75) is 41.5 Å². The van der Waals surface area contributed by atoms with Crippen molar-refractivity contribution < 1.29 is 4.79 Å². The lowest BCUT2D eigenvalue weighted by Crippen LogP contribution is -2.03. The second-order valence-electron chi connectivity index (χ2n) is 3.21.